The maximum absolute atomic E-state index is 13.7. The minimum atomic E-state index is -4.33. The van der Waals surface area contributed by atoms with Gasteiger partial charge in [0.1, 0.15) is 17.5 Å². The molecule has 1 heterocycles. The minimum Gasteiger partial charge on any atom is -0.399 e. The van der Waals surface area contributed by atoms with Crippen LogP contribution < -0.4 is 5.73 Å². The zero-order valence-electron chi connectivity index (χ0n) is 10.5. The molecule has 0 aliphatic rings. The predicted molar refractivity (Wildman–Crippen MR) is 68.0 cm³/mol. The zero-order chi connectivity index (χ0) is 14.9. The van der Waals surface area contributed by atoms with Gasteiger partial charge < -0.3 is 10.7 Å². The van der Waals surface area contributed by atoms with E-state index in [1.807, 2.05) is 0 Å². The molecular formula is C11H12F2N4O2S. The van der Waals surface area contributed by atoms with Crippen molar-refractivity contribution in [1.82, 2.24) is 14.3 Å². The van der Waals surface area contributed by atoms with Crippen LogP contribution in [0.3, 0.4) is 0 Å². The lowest BCUT2D eigenvalue weighted by molar-refractivity contribution is 0.441. The Kier molecular flexibility index (Phi) is 3.73. The first-order valence-electron chi connectivity index (χ1n) is 5.51. The van der Waals surface area contributed by atoms with Gasteiger partial charge in [0.2, 0.25) is 10.0 Å². The molecule has 0 bridgehead atoms. The van der Waals surface area contributed by atoms with Crippen LogP contribution in [0.2, 0.25) is 0 Å². The number of hydrogen-bond donors (Lipinski definition) is 2. The molecule has 0 amide bonds. The fraction of sp³-hybridized carbons (Fsp3) is 0.182. The first-order chi connectivity index (χ1) is 9.32. The summed E-state index contributed by atoms with van der Waals surface area (Å²) in [4.78, 5) is 5.53. The van der Waals surface area contributed by atoms with Crippen LogP contribution in [0.1, 0.15) is 5.82 Å². The second-order valence-electron chi connectivity index (χ2n) is 4.11. The van der Waals surface area contributed by atoms with Crippen molar-refractivity contribution in [3.05, 3.63) is 42.0 Å². The van der Waals surface area contributed by atoms with E-state index in [1.54, 1.807) is 0 Å². The smallest absolute Gasteiger partial charge is 0.249 e. The van der Waals surface area contributed by atoms with Crippen molar-refractivity contribution < 1.29 is 17.2 Å². The maximum Gasteiger partial charge on any atom is 0.249 e. The van der Waals surface area contributed by atoms with Crippen LogP contribution in [0.5, 0.6) is 0 Å². The van der Waals surface area contributed by atoms with Crippen molar-refractivity contribution in [3.63, 3.8) is 0 Å². The number of nitrogens with one attached hydrogen (secondary N) is 1. The largest absolute Gasteiger partial charge is 0.399 e. The number of aromatic amines is 1. The molecule has 0 radical (unpaired) electrons. The molecule has 108 valence electrons. The van der Waals surface area contributed by atoms with Gasteiger partial charge in [0.25, 0.3) is 0 Å². The van der Waals surface area contributed by atoms with Crippen molar-refractivity contribution in [2.75, 3.05) is 12.8 Å². The number of H-pyrrole nitrogens is 1. The number of nitrogens with zero attached hydrogens (tertiary/aromatic N) is 2. The SMILES string of the molecule is CN(Cc1ncc[nH]1)S(=O)(=O)c1c(F)cc(N)cc1F. The van der Waals surface area contributed by atoms with Crippen molar-refractivity contribution in [2.24, 2.45) is 0 Å². The lowest BCUT2D eigenvalue weighted by atomic mass is 10.3. The Labute approximate surface area is 114 Å². The van der Waals surface area contributed by atoms with Crippen LogP contribution in [0, 0.1) is 11.6 Å². The van der Waals surface area contributed by atoms with Crippen molar-refractivity contribution in [1.29, 1.82) is 0 Å². The highest BCUT2D eigenvalue weighted by atomic mass is 32.2. The third-order valence-electron chi connectivity index (χ3n) is 2.62. The van der Waals surface area contributed by atoms with Crippen molar-refractivity contribution >= 4 is 15.7 Å². The molecule has 0 spiro atoms. The van der Waals surface area contributed by atoms with E-state index in [1.165, 1.54) is 19.4 Å². The third-order valence-corrected chi connectivity index (χ3v) is 4.47. The maximum atomic E-state index is 13.7. The van der Waals surface area contributed by atoms with E-state index in [4.69, 9.17) is 5.73 Å². The standard InChI is InChI=1S/C11H12F2N4O2S/c1-17(6-10-15-2-3-16-10)20(18,19)11-8(12)4-7(14)5-9(11)13/h2-5H,6,14H2,1H3,(H,15,16). The normalized spacial score (nSPS) is 12.0. The summed E-state index contributed by atoms with van der Waals surface area (Å²) in [7, 11) is -3.12. The molecule has 0 saturated heterocycles. The second kappa shape index (κ2) is 5.17. The molecule has 6 nitrogen and oxygen atoms in total. The Morgan fingerprint density at radius 1 is 1.35 bits per heavy atom. The van der Waals surface area contributed by atoms with Crippen LogP contribution in [0.15, 0.2) is 29.4 Å². The van der Waals surface area contributed by atoms with E-state index >= 15 is 0 Å². The third kappa shape index (κ3) is 2.63. The molecule has 2 rings (SSSR count). The molecule has 1 aromatic carbocycles. The Balaban J connectivity index is 2.40. The van der Waals surface area contributed by atoms with Crippen molar-refractivity contribution in [2.45, 2.75) is 11.4 Å². The average Bonchev–Trinajstić information content (AvgIpc) is 2.79. The van der Waals surface area contributed by atoms with E-state index in [2.05, 4.69) is 9.97 Å². The molecule has 2 aromatic rings. The molecule has 20 heavy (non-hydrogen) atoms. The summed E-state index contributed by atoms with van der Waals surface area (Å²) in [5.41, 5.74) is 5.07. The van der Waals surface area contributed by atoms with E-state index in [-0.39, 0.29) is 12.2 Å². The number of nitrogens with two attached hydrogens (primary N) is 1. The summed E-state index contributed by atoms with van der Waals surface area (Å²) in [6, 6.07) is 1.52. The quantitative estimate of drug-likeness (QED) is 0.827. The van der Waals surface area contributed by atoms with Gasteiger partial charge in [-0.05, 0) is 12.1 Å². The van der Waals surface area contributed by atoms with Crippen LogP contribution >= 0.6 is 0 Å². The number of aromatic nitrogens is 2. The molecule has 0 saturated carbocycles. The minimum absolute atomic E-state index is 0.140. The molecule has 0 aliphatic carbocycles. The van der Waals surface area contributed by atoms with E-state index < -0.39 is 26.6 Å². The van der Waals surface area contributed by atoms with Crippen LogP contribution in [-0.4, -0.2) is 29.7 Å². The highest BCUT2D eigenvalue weighted by Crippen LogP contribution is 2.24. The number of imidazole rings is 1. The number of halogens is 2. The van der Waals surface area contributed by atoms with Gasteiger partial charge in [-0.25, -0.2) is 22.2 Å². The highest BCUT2D eigenvalue weighted by Gasteiger charge is 2.29. The van der Waals surface area contributed by atoms with Gasteiger partial charge in [-0.3, -0.25) is 0 Å². The van der Waals surface area contributed by atoms with Crippen LogP contribution in [0.25, 0.3) is 0 Å². The van der Waals surface area contributed by atoms with E-state index in [9.17, 15) is 17.2 Å². The summed E-state index contributed by atoms with van der Waals surface area (Å²) < 4.78 is 52.5. The monoisotopic (exact) mass is 302 g/mol. The number of anilines is 1. The number of benzene rings is 1. The van der Waals surface area contributed by atoms with Gasteiger partial charge in [0.15, 0.2) is 4.90 Å². The van der Waals surface area contributed by atoms with Gasteiger partial charge in [-0.2, -0.15) is 4.31 Å². The van der Waals surface area contributed by atoms with Gasteiger partial charge in [0.05, 0.1) is 6.54 Å². The summed E-state index contributed by atoms with van der Waals surface area (Å²) in [5, 5.41) is 0. The van der Waals surface area contributed by atoms with Crippen LogP contribution in [-0.2, 0) is 16.6 Å². The van der Waals surface area contributed by atoms with Gasteiger partial charge >= 0.3 is 0 Å². The zero-order valence-corrected chi connectivity index (χ0v) is 11.3. The summed E-state index contributed by atoms with van der Waals surface area (Å²) in [5.74, 6) is -2.10. The molecule has 0 atom stereocenters. The van der Waals surface area contributed by atoms with Gasteiger partial charge in [-0.1, -0.05) is 0 Å². The van der Waals surface area contributed by atoms with E-state index in [0.717, 1.165) is 16.4 Å². The summed E-state index contributed by atoms with van der Waals surface area (Å²) >= 11 is 0. The summed E-state index contributed by atoms with van der Waals surface area (Å²) in [6.45, 7) is -0.140. The number of nitrogen functional groups attached to an aromatic ring is 1. The van der Waals surface area contributed by atoms with Gasteiger partial charge in [-0.15, -0.1) is 0 Å². The number of sulfonamides is 1. The molecule has 0 fully saturated rings. The van der Waals surface area contributed by atoms with E-state index in [0.29, 0.717) is 5.82 Å². The number of hydrogen-bond acceptors (Lipinski definition) is 4. The highest BCUT2D eigenvalue weighted by molar-refractivity contribution is 7.89. The topological polar surface area (TPSA) is 92.1 Å². The summed E-state index contributed by atoms with van der Waals surface area (Å²) in [6.07, 6.45) is 2.96. The molecule has 1 aromatic heterocycles. The Hall–Kier alpha value is -2.00. The predicted octanol–water partition coefficient (Wildman–Crippen LogP) is 1.09. The lowest BCUT2D eigenvalue weighted by Crippen LogP contribution is -2.28. The van der Waals surface area contributed by atoms with Crippen molar-refractivity contribution in [3.8, 4) is 0 Å². The molecule has 0 unspecified atom stereocenters. The first-order valence-corrected chi connectivity index (χ1v) is 6.95. The molecular weight excluding hydrogens is 290 g/mol. The second-order valence-corrected chi connectivity index (χ2v) is 6.09. The molecule has 0 aliphatic heterocycles. The Bertz CT molecular complexity index is 693. The molecule has 3 N–H and O–H groups in total. The molecule has 9 heteroatoms. The fourth-order valence-corrected chi connectivity index (χ4v) is 2.88. The number of rotatable bonds is 4. The fourth-order valence-electron chi connectivity index (χ4n) is 1.66. The van der Waals surface area contributed by atoms with Crippen LogP contribution in [0.4, 0.5) is 14.5 Å². The Morgan fingerprint density at radius 3 is 2.45 bits per heavy atom. The average molecular weight is 302 g/mol. The Morgan fingerprint density at radius 2 is 1.95 bits per heavy atom. The first kappa shape index (κ1) is 14.4. The lowest BCUT2D eigenvalue weighted by Gasteiger charge is -2.17. The van der Waals surface area contributed by atoms with Gasteiger partial charge in [0, 0.05) is 25.1 Å².